The molecule has 0 saturated carbocycles. The average Bonchev–Trinajstić information content (AvgIpc) is 2.43. The third-order valence-electron chi connectivity index (χ3n) is 2.93. The number of ether oxygens (including phenoxy) is 1. The zero-order valence-corrected chi connectivity index (χ0v) is 11.4. The first-order valence-corrected chi connectivity index (χ1v) is 6.20. The molecule has 0 atom stereocenters. The fourth-order valence-electron chi connectivity index (χ4n) is 1.98. The standard InChI is InChI=1S/C16H15FN2O/c1-11-5-14(17)8-15(6-11)19-10-12-3-4-13(9-18)16(7-12)20-2/h3-8,19H,10H2,1-2H3. The van der Waals surface area contributed by atoms with Gasteiger partial charge in [0.1, 0.15) is 17.6 Å². The Morgan fingerprint density at radius 2 is 2.05 bits per heavy atom. The highest BCUT2D eigenvalue weighted by molar-refractivity contribution is 5.49. The van der Waals surface area contributed by atoms with Crippen LogP contribution in [0.15, 0.2) is 36.4 Å². The monoisotopic (exact) mass is 270 g/mol. The Morgan fingerprint density at radius 1 is 1.25 bits per heavy atom. The van der Waals surface area contributed by atoms with Crippen LogP contribution in [-0.4, -0.2) is 7.11 Å². The number of halogens is 1. The van der Waals surface area contributed by atoms with Gasteiger partial charge in [0.05, 0.1) is 12.7 Å². The SMILES string of the molecule is COc1cc(CNc2cc(C)cc(F)c2)ccc1C#N. The van der Waals surface area contributed by atoms with Gasteiger partial charge in [-0.15, -0.1) is 0 Å². The predicted molar refractivity (Wildman–Crippen MR) is 76.2 cm³/mol. The largest absolute Gasteiger partial charge is 0.495 e. The van der Waals surface area contributed by atoms with Gasteiger partial charge in [-0.3, -0.25) is 0 Å². The summed E-state index contributed by atoms with van der Waals surface area (Å²) in [6, 6.07) is 12.2. The first-order chi connectivity index (χ1) is 9.62. The van der Waals surface area contributed by atoms with Crippen molar-refractivity contribution < 1.29 is 9.13 Å². The second kappa shape index (κ2) is 6.07. The van der Waals surface area contributed by atoms with Crippen LogP contribution in [0.2, 0.25) is 0 Å². The van der Waals surface area contributed by atoms with Crippen molar-refractivity contribution in [3.05, 3.63) is 58.9 Å². The summed E-state index contributed by atoms with van der Waals surface area (Å²) in [4.78, 5) is 0. The highest BCUT2D eigenvalue weighted by Crippen LogP contribution is 2.20. The minimum absolute atomic E-state index is 0.259. The summed E-state index contributed by atoms with van der Waals surface area (Å²) in [5.74, 6) is 0.284. The van der Waals surface area contributed by atoms with Crippen LogP contribution in [0.5, 0.6) is 5.75 Å². The number of nitriles is 1. The maximum atomic E-state index is 13.3. The molecule has 0 spiro atoms. The fraction of sp³-hybridized carbons (Fsp3) is 0.188. The Labute approximate surface area is 117 Å². The number of nitrogens with zero attached hydrogens (tertiary/aromatic N) is 1. The van der Waals surface area contributed by atoms with Crippen molar-refractivity contribution in [3.8, 4) is 11.8 Å². The Kier molecular flexibility index (Phi) is 4.21. The molecule has 0 aliphatic heterocycles. The van der Waals surface area contributed by atoms with Crippen LogP contribution < -0.4 is 10.1 Å². The Bertz CT molecular complexity index is 642. The lowest BCUT2D eigenvalue weighted by molar-refractivity contribution is 0.413. The fourth-order valence-corrected chi connectivity index (χ4v) is 1.98. The van der Waals surface area contributed by atoms with E-state index in [2.05, 4.69) is 11.4 Å². The van der Waals surface area contributed by atoms with E-state index in [0.29, 0.717) is 17.9 Å². The predicted octanol–water partition coefficient (Wildman–Crippen LogP) is 3.63. The van der Waals surface area contributed by atoms with Crippen molar-refractivity contribution in [1.29, 1.82) is 5.26 Å². The zero-order valence-electron chi connectivity index (χ0n) is 11.4. The van der Waals surface area contributed by atoms with Gasteiger partial charge in [0.2, 0.25) is 0 Å². The summed E-state index contributed by atoms with van der Waals surface area (Å²) in [6.07, 6.45) is 0. The number of hydrogen-bond acceptors (Lipinski definition) is 3. The molecule has 102 valence electrons. The van der Waals surface area contributed by atoms with Crippen molar-refractivity contribution in [2.24, 2.45) is 0 Å². The highest BCUT2D eigenvalue weighted by Gasteiger charge is 2.04. The maximum absolute atomic E-state index is 13.3. The number of benzene rings is 2. The zero-order chi connectivity index (χ0) is 14.5. The molecule has 0 saturated heterocycles. The molecule has 4 heteroatoms. The molecule has 20 heavy (non-hydrogen) atoms. The molecule has 3 nitrogen and oxygen atoms in total. The molecule has 0 fully saturated rings. The van der Waals surface area contributed by atoms with E-state index < -0.39 is 0 Å². The molecule has 0 heterocycles. The Balaban J connectivity index is 2.13. The number of anilines is 1. The van der Waals surface area contributed by atoms with E-state index >= 15 is 0 Å². The van der Waals surface area contributed by atoms with Crippen molar-refractivity contribution in [2.75, 3.05) is 12.4 Å². The van der Waals surface area contributed by atoms with Crippen molar-refractivity contribution >= 4 is 5.69 Å². The lowest BCUT2D eigenvalue weighted by Gasteiger charge is -2.10. The second-order valence-electron chi connectivity index (χ2n) is 4.52. The summed E-state index contributed by atoms with van der Waals surface area (Å²) in [6.45, 7) is 2.38. The molecule has 0 aliphatic rings. The van der Waals surface area contributed by atoms with Crippen LogP contribution in [0.4, 0.5) is 10.1 Å². The number of aryl methyl sites for hydroxylation is 1. The quantitative estimate of drug-likeness (QED) is 0.922. The molecule has 0 aliphatic carbocycles. The normalized spacial score (nSPS) is 9.90. The minimum Gasteiger partial charge on any atom is -0.495 e. The second-order valence-corrected chi connectivity index (χ2v) is 4.52. The van der Waals surface area contributed by atoms with Crippen LogP contribution in [0, 0.1) is 24.1 Å². The van der Waals surface area contributed by atoms with E-state index in [9.17, 15) is 4.39 Å². The van der Waals surface area contributed by atoms with Crippen molar-refractivity contribution in [1.82, 2.24) is 0 Å². The van der Waals surface area contributed by atoms with Gasteiger partial charge in [-0.25, -0.2) is 4.39 Å². The summed E-state index contributed by atoms with van der Waals surface area (Å²) >= 11 is 0. The van der Waals surface area contributed by atoms with Crippen LogP contribution >= 0.6 is 0 Å². The third-order valence-corrected chi connectivity index (χ3v) is 2.93. The molecule has 2 aromatic rings. The molecule has 2 aromatic carbocycles. The van der Waals surface area contributed by atoms with Crippen LogP contribution in [-0.2, 0) is 6.54 Å². The summed E-state index contributed by atoms with van der Waals surface area (Å²) in [7, 11) is 1.53. The molecule has 0 radical (unpaired) electrons. The van der Waals surface area contributed by atoms with Gasteiger partial charge < -0.3 is 10.1 Å². The van der Waals surface area contributed by atoms with Crippen molar-refractivity contribution in [3.63, 3.8) is 0 Å². The molecular weight excluding hydrogens is 255 g/mol. The van der Waals surface area contributed by atoms with E-state index in [1.807, 2.05) is 19.1 Å². The van der Waals surface area contributed by atoms with E-state index in [1.54, 1.807) is 12.1 Å². The van der Waals surface area contributed by atoms with Crippen molar-refractivity contribution in [2.45, 2.75) is 13.5 Å². The van der Waals surface area contributed by atoms with Gasteiger partial charge in [-0.2, -0.15) is 5.26 Å². The van der Waals surface area contributed by atoms with Gasteiger partial charge in [0.25, 0.3) is 0 Å². The smallest absolute Gasteiger partial charge is 0.136 e. The topological polar surface area (TPSA) is 45.0 Å². The molecule has 2 rings (SSSR count). The Hall–Kier alpha value is -2.54. The van der Waals surface area contributed by atoms with E-state index in [-0.39, 0.29) is 5.82 Å². The third kappa shape index (κ3) is 3.27. The summed E-state index contributed by atoms with van der Waals surface area (Å²) in [5.41, 5.74) is 3.05. The number of methoxy groups -OCH3 is 1. The summed E-state index contributed by atoms with van der Waals surface area (Å²) < 4.78 is 18.4. The Morgan fingerprint density at radius 3 is 2.70 bits per heavy atom. The molecular formula is C16H15FN2O. The van der Waals surface area contributed by atoms with E-state index in [4.69, 9.17) is 10.00 Å². The number of hydrogen-bond donors (Lipinski definition) is 1. The number of rotatable bonds is 4. The van der Waals surface area contributed by atoms with Crippen LogP contribution in [0.25, 0.3) is 0 Å². The minimum atomic E-state index is -0.259. The van der Waals surface area contributed by atoms with Gasteiger partial charge in [-0.05, 0) is 48.4 Å². The summed E-state index contributed by atoms with van der Waals surface area (Å²) in [5, 5.41) is 12.1. The molecule has 0 amide bonds. The van der Waals surface area contributed by atoms with Crippen LogP contribution in [0.1, 0.15) is 16.7 Å². The lowest BCUT2D eigenvalue weighted by Crippen LogP contribution is -2.01. The maximum Gasteiger partial charge on any atom is 0.136 e. The van der Waals surface area contributed by atoms with Gasteiger partial charge >= 0.3 is 0 Å². The average molecular weight is 270 g/mol. The van der Waals surface area contributed by atoms with E-state index in [1.165, 1.54) is 19.2 Å². The molecule has 0 unspecified atom stereocenters. The van der Waals surface area contributed by atoms with E-state index in [0.717, 1.165) is 16.8 Å². The van der Waals surface area contributed by atoms with Gasteiger partial charge in [0.15, 0.2) is 0 Å². The van der Waals surface area contributed by atoms with Gasteiger partial charge in [-0.1, -0.05) is 6.07 Å². The molecule has 0 bridgehead atoms. The lowest BCUT2D eigenvalue weighted by atomic mass is 10.1. The first kappa shape index (κ1) is 13.9. The number of nitrogens with one attached hydrogen (secondary N) is 1. The molecule has 1 N–H and O–H groups in total. The first-order valence-electron chi connectivity index (χ1n) is 6.20. The molecule has 0 aromatic heterocycles. The highest BCUT2D eigenvalue weighted by atomic mass is 19.1. The van der Waals surface area contributed by atoms with Gasteiger partial charge in [0, 0.05) is 12.2 Å². The van der Waals surface area contributed by atoms with Crippen LogP contribution in [0.3, 0.4) is 0 Å².